The van der Waals surface area contributed by atoms with Gasteiger partial charge in [-0.1, -0.05) is 24.3 Å². The maximum absolute atomic E-state index is 14.2. The highest BCUT2D eigenvalue weighted by Gasteiger charge is 2.44. The van der Waals surface area contributed by atoms with Crippen molar-refractivity contribution in [3.8, 4) is 5.75 Å². The average molecular weight is 623 g/mol. The van der Waals surface area contributed by atoms with Crippen molar-refractivity contribution < 1.29 is 31.4 Å². The molecule has 246 valence electrons. The number of methoxy groups -OCH3 is 1. The van der Waals surface area contributed by atoms with E-state index in [0.29, 0.717) is 57.1 Å². The number of amides is 3. The molecule has 0 unspecified atom stereocenters. The molecule has 4 atom stereocenters. The van der Waals surface area contributed by atoms with Gasteiger partial charge in [0, 0.05) is 61.0 Å². The largest absolute Gasteiger partial charge is 0.476 e. The first-order valence-electron chi connectivity index (χ1n) is 16.4. The number of hydrogen-bond donors (Lipinski definition) is 2. The molecule has 2 aromatic rings. The number of piperidine rings is 1. The lowest BCUT2D eigenvalue weighted by atomic mass is 9.88. The number of fused-ring (bicyclic) bond motifs is 2. The minimum absolute atomic E-state index is 0. The topological polar surface area (TPSA) is 109 Å². The van der Waals surface area contributed by atoms with Crippen molar-refractivity contribution in [3.63, 3.8) is 0 Å². The van der Waals surface area contributed by atoms with E-state index in [1.54, 1.807) is 25.9 Å². The van der Waals surface area contributed by atoms with Crippen molar-refractivity contribution in [2.45, 2.75) is 76.7 Å². The first-order chi connectivity index (χ1) is 21.7. The van der Waals surface area contributed by atoms with Gasteiger partial charge >= 0.3 is 0 Å². The molecule has 1 saturated carbocycles. The van der Waals surface area contributed by atoms with Crippen LogP contribution in [0.3, 0.4) is 0 Å². The molecule has 45 heavy (non-hydrogen) atoms. The quantitative estimate of drug-likeness (QED) is 0.361. The molecule has 2 fully saturated rings. The van der Waals surface area contributed by atoms with E-state index in [1.807, 2.05) is 42.2 Å². The van der Waals surface area contributed by atoms with Crippen molar-refractivity contribution >= 4 is 29.1 Å². The van der Waals surface area contributed by atoms with Crippen molar-refractivity contribution in [1.82, 2.24) is 10.6 Å². The molecule has 2 N–H and O–H groups in total. The molecule has 0 aromatic heterocycles. The second-order valence-electron chi connectivity index (χ2n) is 13.2. The molecule has 10 nitrogen and oxygen atoms in total. The van der Waals surface area contributed by atoms with Gasteiger partial charge in [0.15, 0.2) is 5.60 Å². The molecule has 4 aliphatic rings. The van der Waals surface area contributed by atoms with Gasteiger partial charge in [-0.15, -0.1) is 0 Å². The Balaban J connectivity index is 0.00000250. The number of anilines is 2. The molecule has 10 heteroatoms. The molecule has 0 radical (unpaired) electrons. The first kappa shape index (κ1) is 31.5. The SMILES string of the molecule is CCO[C@H]1Cc2ccccc2[C@@H]1NC(=O)[C@@H]1CNC[C@H](C(=O)N(c2ccc3c(c2)N(CCCOC)C(=O)C(C)(C)O3)C2CC2)C1.[HH].[HH]. The Morgan fingerprint density at radius 2 is 1.93 bits per heavy atom. The number of carbonyl (C=O) groups is 3. The third-order valence-electron chi connectivity index (χ3n) is 9.45. The number of ether oxygens (including phenoxy) is 3. The molecule has 1 saturated heterocycles. The summed E-state index contributed by atoms with van der Waals surface area (Å²) >= 11 is 0. The summed E-state index contributed by atoms with van der Waals surface area (Å²) in [6.07, 6.45) is 3.67. The second kappa shape index (κ2) is 13.1. The fourth-order valence-electron chi connectivity index (χ4n) is 7.04. The number of rotatable bonds is 11. The fourth-order valence-corrected chi connectivity index (χ4v) is 7.04. The van der Waals surface area contributed by atoms with Crippen LogP contribution in [0.1, 0.15) is 66.5 Å². The van der Waals surface area contributed by atoms with E-state index in [0.717, 1.165) is 30.5 Å². The summed E-state index contributed by atoms with van der Waals surface area (Å²) in [5.41, 5.74) is 2.75. The molecule has 2 aromatic carbocycles. The van der Waals surface area contributed by atoms with Crippen molar-refractivity contribution in [2.24, 2.45) is 11.8 Å². The smallest absolute Gasteiger partial charge is 0.270 e. The van der Waals surface area contributed by atoms with E-state index < -0.39 is 5.60 Å². The standard InChI is InChI=1S/C35H46N4O6.2H2/c1-5-44-30-18-22-9-6-7-10-27(22)31(30)37-32(40)23-17-24(21-36-20-23)33(41)39(25-11-12-25)26-13-14-29-28(19-26)38(15-8-16-43-4)34(42)35(2,3)45-29;;/h6-7,9-10,13-14,19,23-25,30-31,36H,5,8,11-12,15-18,20-21H2,1-4H3,(H,37,40);2*1H/t23-,24+,30-,31-;;/m0../s1. The van der Waals surface area contributed by atoms with Gasteiger partial charge in [0.2, 0.25) is 11.8 Å². The number of benzene rings is 2. The summed E-state index contributed by atoms with van der Waals surface area (Å²) in [4.78, 5) is 44.9. The second-order valence-corrected chi connectivity index (χ2v) is 13.2. The van der Waals surface area contributed by atoms with Crippen LogP contribution in [0.25, 0.3) is 0 Å². The Hall–Kier alpha value is -3.47. The number of carbonyl (C=O) groups excluding carboxylic acids is 3. The molecule has 3 amide bonds. The Bertz CT molecular complexity index is 1440. The lowest BCUT2D eigenvalue weighted by Crippen LogP contribution is -2.53. The Morgan fingerprint density at radius 3 is 2.69 bits per heavy atom. The van der Waals surface area contributed by atoms with Crippen LogP contribution in [0.5, 0.6) is 5.75 Å². The summed E-state index contributed by atoms with van der Waals surface area (Å²) < 4.78 is 17.4. The molecule has 2 aliphatic heterocycles. The zero-order valence-electron chi connectivity index (χ0n) is 26.8. The summed E-state index contributed by atoms with van der Waals surface area (Å²) in [7, 11) is 1.65. The molecule has 0 bridgehead atoms. The number of nitrogens with one attached hydrogen (secondary N) is 2. The molecule has 2 aliphatic carbocycles. The van der Waals surface area contributed by atoms with E-state index in [9.17, 15) is 14.4 Å². The Morgan fingerprint density at radius 1 is 1.16 bits per heavy atom. The van der Waals surface area contributed by atoms with Gasteiger partial charge < -0.3 is 34.6 Å². The van der Waals surface area contributed by atoms with Gasteiger partial charge in [-0.3, -0.25) is 14.4 Å². The van der Waals surface area contributed by atoms with Crippen LogP contribution < -0.4 is 25.2 Å². The van der Waals surface area contributed by atoms with Gasteiger partial charge in [-0.25, -0.2) is 0 Å². The molecule has 0 spiro atoms. The maximum Gasteiger partial charge on any atom is 0.270 e. The van der Waals surface area contributed by atoms with E-state index in [-0.39, 0.29) is 50.6 Å². The van der Waals surface area contributed by atoms with E-state index in [4.69, 9.17) is 14.2 Å². The Labute approximate surface area is 268 Å². The highest BCUT2D eigenvalue weighted by Crippen LogP contribution is 2.43. The van der Waals surface area contributed by atoms with Crippen LogP contribution in [0.2, 0.25) is 0 Å². The number of nitrogens with zero attached hydrogens (tertiary/aromatic N) is 2. The van der Waals surface area contributed by atoms with E-state index in [1.165, 1.54) is 5.56 Å². The van der Waals surface area contributed by atoms with Crippen molar-refractivity contribution in [3.05, 3.63) is 53.6 Å². The lowest BCUT2D eigenvalue weighted by molar-refractivity contribution is -0.132. The molecular formula is C35H50N4O6. The molecule has 2 heterocycles. The third-order valence-corrected chi connectivity index (χ3v) is 9.45. The van der Waals surface area contributed by atoms with Crippen LogP contribution in [0.4, 0.5) is 11.4 Å². The number of hydrogen-bond acceptors (Lipinski definition) is 7. The normalized spacial score (nSPS) is 25.2. The van der Waals surface area contributed by atoms with E-state index in [2.05, 4.69) is 22.8 Å². The van der Waals surface area contributed by atoms with Gasteiger partial charge in [0.1, 0.15) is 5.75 Å². The van der Waals surface area contributed by atoms with Crippen LogP contribution >= 0.6 is 0 Å². The minimum Gasteiger partial charge on any atom is -0.476 e. The molecular weight excluding hydrogens is 572 g/mol. The summed E-state index contributed by atoms with van der Waals surface area (Å²) in [5, 5.41) is 6.65. The monoisotopic (exact) mass is 622 g/mol. The van der Waals surface area contributed by atoms with Crippen molar-refractivity contribution in [1.29, 1.82) is 0 Å². The Kier molecular flexibility index (Phi) is 9.17. The summed E-state index contributed by atoms with van der Waals surface area (Å²) in [5.74, 6) is -0.220. The zero-order valence-corrected chi connectivity index (χ0v) is 26.8. The summed E-state index contributed by atoms with van der Waals surface area (Å²) in [6.45, 7) is 8.18. The van der Waals surface area contributed by atoms with Gasteiger partial charge in [-0.2, -0.15) is 0 Å². The highest BCUT2D eigenvalue weighted by molar-refractivity contribution is 6.04. The third kappa shape index (κ3) is 6.46. The molecule has 6 rings (SSSR count). The van der Waals surface area contributed by atoms with E-state index >= 15 is 0 Å². The van der Waals surface area contributed by atoms with Gasteiger partial charge in [-0.05, 0) is 75.8 Å². The zero-order chi connectivity index (χ0) is 31.7. The van der Waals surface area contributed by atoms with Crippen molar-refractivity contribution in [2.75, 3.05) is 49.8 Å². The predicted octanol–water partition coefficient (Wildman–Crippen LogP) is 4.26. The lowest BCUT2D eigenvalue weighted by Gasteiger charge is -2.40. The van der Waals surface area contributed by atoms with Crippen LogP contribution in [0.15, 0.2) is 42.5 Å². The van der Waals surface area contributed by atoms with Crippen LogP contribution in [0, 0.1) is 11.8 Å². The summed E-state index contributed by atoms with van der Waals surface area (Å²) in [6, 6.07) is 13.8. The van der Waals surface area contributed by atoms with Gasteiger partial charge in [0.05, 0.1) is 29.7 Å². The highest BCUT2D eigenvalue weighted by atomic mass is 16.5. The minimum atomic E-state index is -0.986. The van der Waals surface area contributed by atoms with Crippen LogP contribution in [-0.4, -0.2) is 75.4 Å². The fraction of sp³-hybridized carbons (Fsp3) is 0.571. The first-order valence-corrected chi connectivity index (χ1v) is 16.4. The maximum atomic E-state index is 14.2. The average Bonchev–Trinajstić information content (AvgIpc) is 3.81. The van der Waals surface area contributed by atoms with Gasteiger partial charge in [0.25, 0.3) is 5.91 Å². The predicted molar refractivity (Wildman–Crippen MR) is 176 cm³/mol. The van der Waals surface area contributed by atoms with Crippen LogP contribution in [-0.2, 0) is 30.3 Å².